The third-order valence-corrected chi connectivity index (χ3v) is 7.67. The molecule has 2 aliphatic heterocycles. The van der Waals surface area contributed by atoms with Crippen LogP contribution in [0.4, 0.5) is 4.39 Å². The van der Waals surface area contributed by atoms with E-state index < -0.39 is 6.10 Å². The minimum atomic E-state index is -0.423. The summed E-state index contributed by atoms with van der Waals surface area (Å²) in [4.78, 5) is 2.28. The molecule has 2 aliphatic rings. The maximum absolute atomic E-state index is 13.0. The molecule has 2 heterocycles. The Labute approximate surface area is 221 Å². The minimum absolute atomic E-state index is 0.0138. The highest BCUT2D eigenvalue weighted by atomic mass is 35.5. The zero-order chi connectivity index (χ0) is 26.1. The topological polar surface area (TPSA) is 62.2 Å². The van der Waals surface area contributed by atoms with Gasteiger partial charge >= 0.3 is 0 Å². The molecule has 3 aromatic carbocycles. The van der Waals surface area contributed by atoms with Crippen LogP contribution in [-0.2, 0) is 0 Å². The van der Waals surface area contributed by atoms with Crippen LogP contribution >= 0.6 is 11.6 Å². The average molecular weight is 524 g/mol. The minimum Gasteiger partial charge on any atom is -0.508 e. The fourth-order valence-electron chi connectivity index (χ4n) is 5.17. The maximum atomic E-state index is 13.0. The van der Waals surface area contributed by atoms with E-state index in [9.17, 15) is 14.6 Å². The van der Waals surface area contributed by atoms with Crippen molar-refractivity contribution in [2.24, 2.45) is 5.92 Å². The van der Waals surface area contributed by atoms with Crippen molar-refractivity contribution in [3.63, 3.8) is 0 Å². The zero-order valence-corrected chi connectivity index (χ0v) is 21.7. The van der Waals surface area contributed by atoms with E-state index >= 15 is 0 Å². The molecule has 37 heavy (non-hydrogen) atoms. The molecule has 2 N–H and O–H groups in total. The molecular formula is C30H31ClFNO4. The van der Waals surface area contributed by atoms with Crippen molar-refractivity contribution in [1.29, 1.82) is 0 Å². The average Bonchev–Trinajstić information content (AvgIpc) is 3.39. The Bertz CT molecular complexity index is 1310. The summed E-state index contributed by atoms with van der Waals surface area (Å²) in [5.41, 5.74) is 4.42. The van der Waals surface area contributed by atoms with Crippen molar-refractivity contribution in [3.8, 4) is 23.0 Å². The van der Waals surface area contributed by atoms with Crippen molar-refractivity contribution in [1.82, 2.24) is 4.90 Å². The summed E-state index contributed by atoms with van der Waals surface area (Å²) >= 11 is 6.25. The van der Waals surface area contributed by atoms with Gasteiger partial charge in [0.25, 0.3) is 0 Å². The second kappa shape index (κ2) is 10.6. The summed E-state index contributed by atoms with van der Waals surface area (Å²) in [6.07, 6.45) is 0.481. The molecule has 194 valence electrons. The number of phenols is 2. The van der Waals surface area contributed by atoms with E-state index in [-0.39, 0.29) is 35.2 Å². The van der Waals surface area contributed by atoms with Crippen LogP contribution in [0.15, 0.2) is 60.7 Å². The fraction of sp³-hybridized carbons (Fsp3) is 0.333. The summed E-state index contributed by atoms with van der Waals surface area (Å²) in [6.45, 7) is 6.08. The molecule has 0 aromatic heterocycles. The van der Waals surface area contributed by atoms with Gasteiger partial charge in [0.15, 0.2) is 0 Å². The predicted octanol–water partition coefficient (Wildman–Crippen LogP) is 6.87. The van der Waals surface area contributed by atoms with Crippen LogP contribution in [0.5, 0.6) is 23.0 Å². The first-order valence-electron chi connectivity index (χ1n) is 12.6. The number of ether oxygens (including phenoxy) is 2. The van der Waals surface area contributed by atoms with Gasteiger partial charge in [-0.3, -0.25) is 9.29 Å². The van der Waals surface area contributed by atoms with E-state index in [0.717, 1.165) is 53.1 Å². The molecule has 5 nitrogen and oxygen atoms in total. The molecule has 0 aliphatic carbocycles. The molecule has 3 aromatic rings. The fourth-order valence-corrected chi connectivity index (χ4v) is 5.35. The lowest BCUT2D eigenvalue weighted by Gasteiger charge is -2.31. The van der Waals surface area contributed by atoms with E-state index in [1.165, 1.54) is 0 Å². The lowest BCUT2D eigenvalue weighted by molar-refractivity contribution is 0.165. The highest BCUT2D eigenvalue weighted by Crippen LogP contribution is 2.48. The van der Waals surface area contributed by atoms with Gasteiger partial charge in [0.1, 0.15) is 35.7 Å². The van der Waals surface area contributed by atoms with Crippen LogP contribution in [0.1, 0.15) is 43.1 Å². The summed E-state index contributed by atoms with van der Waals surface area (Å²) in [6, 6.07) is 18.2. The monoisotopic (exact) mass is 523 g/mol. The van der Waals surface area contributed by atoms with Crippen LogP contribution in [0.25, 0.3) is 11.1 Å². The van der Waals surface area contributed by atoms with E-state index in [1.807, 2.05) is 37.3 Å². The first-order chi connectivity index (χ1) is 17.8. The van der Waals surface area contributed by atoms with E-state index in [0.29, 0.717) is 12.4 Å². The van der Waals surface area contributed by atoms with E-state index in [2.05, 4.69) is 11.8 Å². The summed E-state index contributed by atoms with van der Waals surface area (Å²) in [5, 5.41) is 20.3. The van der Waals surface area contributed by atoms with Crippen LogP contribution < -0.4 is 9.47 Å². The number of likely N-dealkylation sites (tertiary alicyclic amines) is 1. The molecule has 3 atom stereocenters. The van der Waals surface area contributed by atoms with Gasteiger partial charge in [0, 0.05) is 29.6 Å². The van der Waals surface area contributed by atoms with Crippen molar-refractivity contribution >= 4 is 22.7 Å². The van der Waals surface area contributed by atoms with E-state index in [4.69, 9.17) is 21.1 Å². The zero-order valence-electron chi connectivity index (χ0n) is 21.0. The Morgan fingerprint density at radius 3 is 2.59 bits per heavy atom. The van der Waals surface area contributed by atoms with Gasteiger partial charge < -0.3 is 19.7 Å². The first-order valence-corrected chi connectivity index (χ1v) is 12.9. The summed E-state index contributed by atoms with van der Waals surface area (Å²) < 4.78 is 25.5. The lowest BCUT2D eigenvalue weighted by Crippen LogP contribution is -2.35. The SMILES string of the molecule is CC1=C(c2ccc(O)c(Cl)c2)C(c2ccc(OCC(C)N3CCC(CF)C3)cc2)Oc2ccc(O)cc21. The van der Waals surface area contributed by atoms with Gasteiger partial charge in [-0.05, 0) is 86.0 Å². The molecule has 7 heteroatoms. The Kier molecular flexibility index (Phi) is 7.31. The summed E-state index contributed by atoms with van der Waals surface area (Å²) in [7, 11) is 0. The number of phenolic OH excluding ortho intramolecular Hbond substituents is 2. The molecule has 0 amide bonds. The van der Waals surface area contributed by atoms with Gasteiger partial charge in [0.05, 0.1) is 11.7 Å². The van der Waals surface area contributed by atoms with Crippen molar-refractivity contribution in [3.05, 3.63) is 82.4 Å². The lowest BCUT2D eigenvalue weighted by atomic mass is 9.86. The number of allylic oxidation sites excluding steroid dienone is 1. The van der Waals surface area contributed by atoms with Crippen molar-refractivity contribution in [2.75, 3.05) is 26.4 Å². The first kappa shape index (κ1) is 25.4. The number of benzene rings is 3. The van der Waals surface area contributed by atoms with Gasteiger partial charge in [-0.25, -0.2) is 0 Å². The highest BCUT2D eigenvalue weighted by Gasteiger charge is 2.30. The third-order valence-electron chi connectivity index (χ3n) is 7.37. The number of alkyl halides is 1. The van der Waals surface area contributed by atoms with Gasteiger partial charge in [0.2, 0.25) is 0 Å². The number of hydrogen-bond acceptors (Lipinski definition) is 5. The number of halogens is 2. The predicted molar refractivity (Wildman–Crippen MR) is 144 cm³/mol. The van der Waals surface area contributed by atoms with Crippen LogP contribution in [0.2, 0.25) is 5.02 Å². The quantitative estimate of drug-likeness (QED) is 0.353. The number of aromatic hydroxyl groups is 2. The summed E-state index contributed by atoms with van der Waals surface area (Å²) in [5.74, 6) is 1.75. The molecule has 0 spiro atoms. The number of hydrogen-bond donors (Lipinski definition) is 2. The molecule has 1 saturated heterocycles. The Morgan fingerprint density at radius 2 is 1.89 bits per heavy atom. The molecular weight excluding hydrogens is 493 g/mol. The Balaban J connectivity index is 1.39. The smallest absolute Gasteiger partial charge is 0.150 e. The van der Waals surface area contributed by atoms with Gasteiger partial charge in [-0.1, -0.05) is 29.8 Å². The standard InChI is InChI=1S/C30H31ClFNO4/c1-18(33-12-11-20(15-32)16-33)17-36-24-7-3-21(4-8-24)30-29(22-5-9-27(35)26(31)13-22)19(2)25-14-23(34)6-10-28(25)37-30/h3-10,13-14,18,20,30,34-35H,11-12,15-17H2,1-2H3. The largest absolute Gasteiger partial charge is 0.508 e. The molecule has 5 rings (SSSR count). The molecule has 0 saturated carbocycles. The third kappa shape index (κ3) is 5.27. The molecule has 0 bridgehead atoms. The van der Waals surface area contributed by atoms with E-state index in [1.54, 1.807) is 30.3 Å². The van der Waals surface area contributed by atoms with Crippen LogP contribution in [-0.4, -0.2) is 47.5 Å². The molecule has 3 unspecified atom stereocenters. The normalized spacial score (nSPS) is 20.4. The Hall–Kier alpha value is -3.22. The van der Waals surface area contributed by atoms with Crippen molar-refractivity contribution in [2.45, 2.75) is 32.4 Å². The van der Waals surface area contributed by atoms with Gasteiger partial charge in [-0.2, -0.15) is 0 Å². The second-order valence-electron chi connectivity index (χ2n) is 9.92. The molecule has 1 fully saturated rings. The maximum Gasteiger partial charge on any atom is 0.150 e. The Morgan fingerprint density at radius 1 is 1.11 bits per heavy atom. The number of fused-ring (bicyclic) bond motifs is 1. The number of nitrogens with zero attached hydrogens (tertiary/aromatic N) is 1. The second-order valence-corrected chi connectivity index (χ2v) is 10.3. The van der Waals surface area contributed by atoms with Crippen molar-refractivity contribution < 1.29 is 24.1 Å². The van der Waals surface area contributed by atoms with Crippen LogP contribution in [0, 0.1) is 5.92 Å². The highest BCUT2D eigenvalue weighted by molar-refractivity contribution is 6.32. The van der Waals surface area contributed by atoms with Crippen LogP contribution in [0.3, 0.4) is 0 Å². The van der Waals surface area contributed by atoms with Gasteiger partial charge in [-0.15, -0.1) is 0 Å². The number of rotatable bonds is 7. The molecule has 0 radical (unpaired) electrons.